The highest BCUT2D eigenvalue weighted by Crippen LogP contribution is 2.30. The number of anilines is 1. The Balaban J connectivity index is 1.57. The molecule has 1 heterocycles. The Morgan fingerprint density at radius 3 is 2.48 bits per heavy atom. The number of likely N-dealkylation sites (N-methyl/N-ethyl adjacent to an activating group) is 1. The van der Waals surface area contributed by atoms with Crippen molar-refractivity contribution in [1.29, 1.82) is 0 Å². The fourth-order valence-electron chi connectivity index (χ4n) is 3.84. The molecule has 7 nitrogen and oxygen atoms in total. The molecule has 2 aliphatic rings. The second kappa shape index (κ2) is 8.17. The molecule has 0 spiro atoms. The van der Waals surface area contributed by atoms with Crippen molar-refractivity contribution in [3.8, 4) is 0 Å². The summed E-state index contributed by atoms with van der Waals surface area (Å²) in [5.41, 5.74) is 0.660. The number of halogens is 1. The Morgan fingerprint density at radius 1 is 1.19 bits per heavy atom. The minimum atomic E-state index is -0.770. The molecule has 2 fully saturated rings. The number of hydrogen-bond acceptors (Lipinski definition) is 3. The summed E-state index contributed by atoms with van der Waals surface area (Å²) in [7, 11) is 1.62. The quantitative estimate of drug-likeness (QED) is 0.823. The van der Waals surface area contributed by atoms with Gasteiger partial charge in [-0.25, -0.2) is 4.79 Å². The predicted molar refractivity (Wildman–Crippen MR) is 102 cm³/mol. The lowest BCUT2D eigenvalue weighted by Gasteiger charge is -2.30. The van der Waals surface area contributed by atoms with Crippen molar-refractivity contribution < 1.29 is 19.5 Å². The molecule has 1 saturated heterocycles. The predicted octanol–water partition coefficient (Wildman–Crippen LogP) is 2.73. The summed E-state index contributed by atoms with van der Waals surface area (Å²) >= 11 is 6.19. The van der Waals surface area contributed by atoms with Crippen LogP contribution in [0.1, 0.15) is 32.1 Å². The summed E-state index contributed by atoms with van der Waals surface area (Å²) in [4.78, 5) is 39.5. The molecule has 146 valence electrons. The first-order chi connectivity index (χ1) is 12.9. The van der Waals surface area contributed by atoms with E-state index in [0.29, 0.717) is 49.4 Å². The number of amides is 3. The van der Waals surface area contributed by atoms with Crippen molar-refractivity contribution in [1.82, 2.24) is 10.2 Å². The Kier molecular flexibility index (Phi) is 5.89. The second-order valence-electron chi connectivity index (χ2n) is 7.19. The number of benzene rings is 1. The Morgan fingerprint density at radius 2 is 1.85 bits per heavy atom. The SMILES string of the molecule is CN(C(=O)NC1CCC(C(=O)O)CC1)C1CCN(c2ccccc2Cl)C1=O. The van der Waals surface area contributed by atoms with Crippen LogP contribution in [-0.2, 0) is 9.59 Å². The minimum Gasteiger partial charge on any atom is -0.481 e. The molecule has 0 bridgehead atoms. The first kappa shape index (κ1) is 19.5. The van der Waals surface area contributed by atoms with Gasteiger partial charge in [-0.3, -0.25) is 9.59 Å². The maximum Gasteiger partial charge on any atom is 0.318 e. The lowest BCUT2D eigenvalue weighted by molar-refractivity contribution is -0.142. The third kappa shape index (κ3) is 4.18. The number of carboxylic acid groups (broad SMARTS) is 1. The lowest BCUT2D eigenvalue weighted by Crippen LogP contribution is -2.50. The second-order valence-corrected chi connectivity index (χ2v) is 7.60. The molecular formula is C19H24ClN3O4. The zero-order valence-electron chi connectivity index (χ0n) is 15.2. The monoisotopic (exact) mass is 393 g/mol. The number of carbonyl (C=O) groups is 3. The number of carboxylic acids is 1. The average molecular weight is 394 g/mol. The van der Waals surface area contributed by atoms with Gasteiger partial charge in [0.05, 0.1) is 16.6 Å². The molecular weight excluding hydrogens is 370 g/mol. The Bertz CT molecular complexity index is 733. The van der Waals surface area contributed by atoms with Crippen molar-refractivity contribution >= 4 is 35.2 Å². The average Bonchev–Trinajstić information content (AvgIpc) is 3.03. The van der Waals surface area contributed by atoms with E-state index in [1.807, 2.05) is 12.1 Å². The largest absolute Gasteiger partial charge is 0.481 e. The fraction of sp³-hybridized carbons (Fsp3) is 0.526. The Hall–Kier alpha value is -2.28. The van der Waals surface area contributed by atoms with E-state index in [1.54, 1.807) is 24.1 Å². The van der Waals surface area contributed by atoms with Crippen molar-refractivity contribution in [3.63, 3.8) is 0 Å². The summed E-state index contributed by atoms with van der Waals surface area (Å²) in [6.45, 7) is 0.509. The molecule has 1 saturated carbocycles. The van der Waals surface area contributed by atoms with Gasteiger partial charge in [0, 0.05) is 19.6 Å². The fourth-order valence-corrected chi connectivity index (χ4v) is 4.07. The molecule has 3 rings (SSSR count). The van der Waals surface area contributed by atoms with E-state index in [-0.39, 0.29) is 23.9 Å². The van der Waals surface area contributed by atoms with Crippen LogP contribution in [0.2, 0.25) is 5.02 Å². The molecule has 1 atom stereocenters. The van der Waals surface area contributed by atoms with Gasteiger partial charge in [0.1, 0.15) is 6.04 Å². The third-order valence-corrected chi connectivity index (χ3v) is 5.83. The molecule has 1 aromatic carbocycles. The van der Waals surface area contributed by atoms with Crippen molar-refractivity contribution in [3.05, 3.63) is 29.3 Å². The summed E-state index contributed by atoms with van der Waals surface area (Å²) in [6.07, 6.45) is 2.95. The molecule has 27 heavy (non-hydrogen) atoms. The molecule has 0 aromatic heterocycles. The van der Waals surface area contributed by atoms with Crippen LogP contribution in [0, 0.1) is 5.92 Å². The summed E-state index contributed by atoms with van der Waals surface area (Å²) in [5.74, 6) is -1.24. The van der Waals surface area contributed by atoms with Gasteiger partial charge in [0.2, 0.25) is 5.91 Å². The summed E-state index contributed by atoms with van der Waals surface area (Å²) < 4.78 is 0. The van der Waals surface area contributed by atoms with Crippen LogP contribution < -0.4 is 10.2 Å². The van der Waals surface area contributed by atoms with E-state index < -0.39 is 12.0 Å². The van der Waals surface area contributed by atoms with Crippen molar-refractivity contribution in [2.24, 2.45) is 5.92 Å². The van der Waals surface area contributed by atoms with Gasteiger partial charge in [-0.05, 0) is 44.2 Å². The van der Waals surface area contributed by atoms with Crippen LogP contribution >= 0.6 is 11.6 Å². The maximum atomic E-state index is 12.8. The smallest absolute Gasteiger partial charge is 0.318 e. The van der Waals surface area contributed by atoms with E-state index in [2.05, 4.69) is 5.32 Å². The van der Waals surface area contributed by atoms with Crippen molar-refractivity contribution in [2.75, 3.05) is 18.5 Å². The first-order valence-electron chi connectivity index (χ1n) is 9.20. The molecule has 0 radical (unpaired) electrons. The molecule has 1 aliphatic carbocycles. The zero-order valence-corrected chi connectivity index (χ0v) is 16.0. The topological polar surface area (TPSA) is 89.9 Å². The van der Waals surface area contributed by atoms with Gasteiger partial charge in [-0.15, -0.1) is 0 Å². The van der Waals surface area contributed by atoms with Crippen molar-refractivity contribution in [2.45, 2.75) is 44.2 Å². The van der Waals surface area contributed by atoms with E-state index >= 15 is 0 Å². The molecule has 1 unspecified atom stereocenters. The maximum absolute atomic E-state index is 12.8. The highest BCUT2D eigenvalue weighted by Gasteiger charge is 2.38. The number of nitrogens with zero attached hydrogens (tertiary/aromatic N) is 2. The molecule has 1 aromatic rings. The van der Waals surface area contributed by atoms with Gasteiger partial charge >= 0.3 is 12.0 Å². The van der Waals surface area contributed by atoms with Gasteiger partial charge in [0.15, 0.2) is 0 Å². The number of para-hydroxylation sites is 1. The normalized spacial score (nSPS) is 25.3. The standard InChI is InChI=1S/C19H24ClN3O4/c1-22(19(27)21-13-8-6-12(7-9-13)18(25)26)16-10-11-23(17(16)24)15-5-3-2-4-14(15)20/h2-5,12-13,16H,6-11H2,1H3,(H,21,27)(H,25,26). The van der Waals surface area contributed by atoms with Gasteiger partial charge in [-0.2, -0.15) is 0 Å². The highest BCUT2D eigenvalue weighted by molar-refractivity contribution is 6.34. The van der Waals surface area contributed by atoms with Crippen LogP contribution in [-0.4, -0.2) is 53.6 Å². The Labute approximate surface area is 163 Å². The number of carbonyl (C=O) groups excluding carboxylic acids is 2. The third-order valence-electron chi connectivity index (χ3n) is 5.51. The van der Waals surface area contributed by atoms with Gasteiger partial charge < -0.3 is 20.2 Å². The highest BCUT2D eigenvalue weighted by atomic mass is 35.5. The molecule has 8 heteroatoms. The van der Waals surface area contributed by atoms with Gasteiger partial charge in [-0.1, -0.05) is 23.7 Å². The van der Waals surface area contributed by atoms with Crippen LogP contribution in [0.15, 0.2) is 24.3 Å². The number of rotatable bonds is 4. The number of nitrogens with one attached hydrogen (secondary N) is 1. The van der Waals surface area contributed by atoms with E-state index in [4.69, 9.17) is 16.7 Å². The molecule has 2 N–H and O–H groups in total. The van der Waals surface area contributed by atoms with E-state index in [0.717, 1.165) is 0 Å². The molecule has 1 aliphatic heterocycles. The molecule has 3 amide bonds. The van der Waals surface area contributed by atoms with Crippen LogP contribution in [0.3, 0.4) is 0 Å². The first-order valence-corrected chi connectivity index (χ1v) is 9.58. The lowest BCUT2D eigenvalue weighted by atomic mass is 9.86. The number of urea groups is 1. The van der Waals surface area contributed by atoms with E-state index in [9.17, 15) is 14.4 Å². The van der Waals surface area contributed by atoms with Crippen LogP contribution in [0.5, 0.6) is 0 Å². The van der Waals surface area contributed by atoms with Crippen LogP contribution in [0.25, 0.3) is 0 Å². The number of aliphatic carboxylic acids is 1. The summed E-state index contributed by atoms with van der Waals surface area (Å²) in [6, 6.07) is 6.29. The van der Waals surface area contributed by atoms with Crippen LogP contribution in [0.4, 0.5) is 10.5 Å². The zero-order chi connectivity index (χ0) is 19.6. The summed E-state index contributed by atoms with van der Waals surface area (Å²) in [5, 5.41) is 12.5. The van der Waals surface area contributed by atoms with Gasteiger partial charge in [0.25, 0.3) is 0 Å². The minimum absolute atomic E-state index is 0.0493. The number of hydrogen-bond donors (Lipinski definition) is 2. The van der Waals surface area contributed by atoms with E-state index in [1.165, 1.54) is 4.90 Å².